The normalized spacial score (nSPS) is 16.8. The van der Waals surface area contributed by atoms with E-state index < -0.39 is 0 Å². The summed E-state index contributed by atoms with van der Waals surface area (Å²) in [6.07, 6.45) is 13.7. The average molecular weight is 589 g/mol. The lowest BCUT2D eigenvalue weighted by atomic mass is 10.0. The molecule has 0 aromatic carbocycles. The number of hydrogen-bond donors (Lipinski definition) is 0. The van der Waals surface area contributed by atoms with Gasteiger partial charge in [-0.25, -0.2) is 14.5 Å². The van der Waals surface area contributed by atoms with E-state index in [1.807, 2.05) is 35.4 Å². The Morgan fingerprint density at radius 1 is 0.864 bits per heavy atom. The summed E-state index contributed by atoms with van der Waals surface area (Å²) in [6.45, 7) is 6.74. The molecule has 0 bridgehead atoms. The number of nitrogens with zero attached hydrogens (tertiary/aromatic N) is 10. The summed E-state index contributed by atoms with van der Waals surface area (Å²) in [5.41, 5.74) is 6.43. The molecule has 11 nitrogen and oxygen atoms in total. The number of aromatic nitrogens is 6. The van der Waals surface area contributed by atoms with Gasteiger partial charge in [0.25, 0.3) is 0 Å². The van der Waals surface area contributed by atoms with Crippen molar-refractivity contribution in [2.45, 2.75) is 25.4 Å². The average Bonchev–Trinajstić information content (AvgIpc) is 3.73. The van der Waals surface area contributed by atoms with Gasteiger partial charge in [-0.15, -0.1) is 0 Å². The summed E-state index contributed by atoms with van der Waals surface area (Å²) in [6, 6.07) is 13.0. The van der Waals surface area contributed by atoms with Crippen LogP contribution in [-0.4, -0.2) is 92.6 Å². The van der Waals surface area contributed by atoms with E-state index in [4.69, 9.17) is 14.8 Å². The van der Waals surface area contributed by atoms with Crippen LogP contribution in [0.25, 0.3) is 27.8 Å². The summed E-state index contributed by atoms with van der Waals surface area (Å²) in [7, 11) is 3.81. The molecule has 0 amide bonds. The lowest BCUT2D eigenvalue weighted by molar-refractivity contribution is 0.212. The molecular formula is C33H36N10O. The molecule has 0 radical (unpaired) electrons. The van der Waals surface area contributed by atoms with Crippen molar-refractivity contribution in [3.05, 3.63) is 78.6 Å². The molecule has 0 N–H and O–H groups in total. The quantitative estimate of drug-likeness (QED) is 0.278. The van der Waals surface area contributed by atoms with Gasteiger partial charge in [0.05, 0.1) is 36.6 Å². The third-order valence-corrected chi connectivity index (χ3v) is 8.90. The molecule has 5 aromatic rings. The zero-order valence-corrected chi connectivity index (χ0v) is 25.2. The number of nitriles is 1. The molecule has 0 unspecified atom stereocenters. The molecule has 5 aromatic heterocycles. The molecule has 0 aliphatic carbocycles. The van der Waals surface area contributed by atoms with Gasteiger partial charge in [0.2, 0.25) is 5.88 Å². The predicted octanol–water partition coefficient (Wildman–Crippen LogP) is 4.12. The lowest BCUT2D eigenvalue weighted by Crippen LogP contribution is -2.46. The van der Waals surface area contributed by atoms with Crippen molar-refractivity contribution >= 4 is 11.3 Å². The molecule has 0 saturated carbocycles. The first-order valence-electron chi connectivity index (χ1n) is 15.1. The summed E-state index contributed by atoms with van der Waals surface area (Å²) < 4.78 is 9.09. The van der Waals surface area contributed by atoms with E-state index in [9.17, 15) is 5.26 Å². The molecule has 2 aliphatic heterocycles. The first kappa shape index (κ1) is 28.0. The molecule has 44 heavy (non-hydrogen) atoms. The third kappa shape index (κ3) is 5.62. The number of hydrogen-bond acceptors (Lipinski definition) is 9. The first-order chi connectivity index (χ1) is 21.6. The maximum atomic E-state index is 9.85. The van der Waals surface area contributed by atoms with Crippen LogP contribution in [0.4, 0.5) is 5.82 Å². The maximum Gasteiger partial charge on any atom is 0.212 e. The standard InChI is InChI=1S/C33H36N10O/c1-39-9-7-29(8-10-39)42-23-28(20-37-42)26-15-30(33-27(16-34)19-38-43(33)22-26)25-4-5-31(35-18-25)41-13-11-40(12-14-41)21-24-3-6-32(44-2)36-17-24/h3-6,15,17-20,22-23,29H,7-14,21H2,1-2H3. The van der Waals surface area contributed by atoms with Crippen LogP contribution in [0.5, 0.6) is 5.88 Å². The first-order valence-corrected chi connectivity index (χ1v) is 15.1. The molecule has 0 atom stereocenters. The Morgan fingerprint density at radius 3 is 2.41 bits per heavy atom. The number of pyridine rings is 3. The van der Waals surface area contributed by atoms with Crippen LogP contribution in [0.3, 0.4) is 0 Å². The number of fused-ring (bicyclic) bond motifs is 1. The number of piperazine rings is 1. The molecule has 224 valence electrons. The highest BCUT2D eigenvalue weighted by Gasteiger charge is 2.21. The molecule has 7 heterocycles. The molecule has 7 rings (SSSR count). The lowest BCUT2D eigenvalue weighted by Gasteiger charge is -2.35. The minimum absolute atomic E-state index is 0.413. The zero-order valence-electron chi connectivity index (χ0n) is 25.2. The monoisotopic (exact) mass is 588 g/mol. The van der Waals surface area contributed by atoms with Gasteiger partial charge < -0.3 is 14.5 Å². The van der Waals surface area contributed by atoms with E-state index in [2.05, 4.69) is 73.0 Å². The molecular weight excluding hydrogens is 552 g/mol. The van der Waals surface area contributed by atoms with Crippen molar-refractivity contribution in [2.24, 2.45) is 0 Å². The van der Waals surface area contributed by atoms with E-state index >= 15 is 0 Å². The van der Waals surface area contributed by atoms with Crippen molar-refractivity contribution in [2.75, 3.05) is 58.3 Å². The van der Waals surface area contributed by atoms with Crippen LogP contribution in [0.1, 0.15) is 30.0 Å². The van der Waals surface area contributed by atoms with Crippen LogP contribution >= 0.6 is 0 Å². The van der Waals surface area contributed by atoms with E-state index in [1.165, 1.54) is 5.56 Å². The van der Waals surface area contributed by atoms with Gasteiger partial charge in [-0.1, -0.05) is 6.07 Å². The summed E-state index contributed by atoms with van der Waals surface area (Å²) in [5, 5.41) is 19.1. The molecule has 11 heteroatoms. The summed E-state index contributed by atoms with van der Waals surface area (Å²) >= 11 is 0. The number of piperidine rings is 1. The van der Waals surface area contributed by atoms with Crippen LogP contribution in [0, 0.1) is 11.3 Å². The van der Waals surface area contributed by atoms with Crippen molar-refractivity contribution in [1.82, 2.24) is 39.2 Å². The van der Waals surface area contributed by atoms with Gasteiger partial charge in [0, 0.05) is 85.8 Å². The highest BCUT2D eigenvalue weighted by atomic mass is 16.5. The van der Waals surface area contributed by atoms with E-state index in [0.29, 0.717) is 17.5 Å². The third-order valence-electron chi connectivity index (χ3n) is 8.90. The van der Waals surface area contributed by atoms with Crippen molar-refractivity contribution < 1.29 is 4.74 Å². The molecule has 2 fully saturated rings. The Hall–Kier alpha value is -4.79. The van der Waals surface area contributed by atoms with Gasteiger partial charge in [-0.05, 0) is 56.7 Å². The number of methoxy groups -OCH3 is 1. The predicted molar refractivity (Wildman–Crippen MR) is 168 cm³/mol. The van der Waals surface area contributed by atoms with Gasteiger partial charge in [-0.3, -0.25) is 9.58 Å². The Kier molecular flexibility index (Phi) is 7.68. The van der Waals surface area contributed by atoms with E-state index in [1.54, 1.807) is 13.3 Å². The zero-order chi connectivity index (χ0) is 30.0. The van der Waals surface area contributed by atoms with Crippen molar-refractivity contribution in [3.63, 3.8) is 0 Å². The highest BCUT2D eigenvalue weighted by Crippen LogP contribution is 2.33. The van der Waals surface area contributed by atoms with Crippen LogP contribution < -0.4 is 9.64 Å². The van der Waals surface area contributed by atoms with Gasteiger partial charge in [0.1, 0.15) is 11.9 Å². The topological polar surface area (TPSA) is 104 Å². The smallest absolute Gasteiger partial charge is 0.212 e. The van der Waals surface area contributed by atoms with E-state index in [0.717, 1.165) is 92.2 Å². The molecule has 2 saturated heterocycles. The van der Waals surface area contributed by atoms with Crippen LogP contribution in [-0.2, 0) is 6.54 Å². The second-order valence-electron chi connectivity index (χ2n) is 11.7. The van der Waals surface area contributed by atoms with Gasteiger partial charge >= 0.3 is 0 Å². The van der Waals surface area contributed by atoms with E-state index in [-0.39, 0.29) is 0 Å². The fraction of sp³-hybridized carbons (Fsp3) is 0.364. The number of anilines is 1. The minimum atomic E-state index is 0.413. The van der Waals surface area contributed by atoms with Crippen molar-refractivity contribution in [3.8, 4) is 34.2 Å². The fourth-order valence-corrected chi connectivity index (χ4v) is 6.28. The molecule has 0 spiro atoms. The SMILES string of the molecule is COc1ccc(CN2CCN(c3ccc(-c4cc(-c5cnn(C6CCN(C)CC6)c5)cn5ncc(C#N)c45)cn3)CC2)cn1. The van der Waals surface area contributed by atoms with Crippen LogP contribution in [0.2, 0.25) is 0 Å². The largest absolute Gasteiger partial charge is 0.481 e. The van der Waals surface area contributed by atoms with Gasteiger partial charge in [0.15, 0.2) is 0 Å². The summed E-state index contributed by atoms with van der Waals surface area (Å²) in [5.74, 6) is 1.59. The second-order valence-corrected chi connectivity index (χ2v) is 11.7. The van der Waals surface area contributed by atoms with Crippen molar-refractivity contribution in [1.29, 1.82) is 5.26 Å². The Bertz CT molecular complexity index is 1770. The Morgan fingerprint density at radius 2 is 1.70 bits per heavy atom. The molecule has 2 aliphatic rings. The number of ether oxygens (including phenoxy) is 1. The van der Waals surface area contributed by atoms with Gasteiger partial charge in [-0.2, -0.15) is 15.5 Å². The summed E-state index contributed by atoms with van der Waals surface area (Å²) in [4.78, 5) is 16.3. The highest BCUT2D eigenvalue weighted by molar-refractivity contribution is 5.87. The number of rotatable bonds is 7. The maximum absolute atomic E-state index is 9.85. The second kappa shape index (κ2) is 12.1. The Labute approximate surface area is 256 Å². The Balaban J connectivity index is 1.09. The fourth-order valence-electron chi connectivity index (χ4n) is 6.28. The number of likely N-dealkylation sites (tertiary alicyclic amines) is 1. The van der Waals surface area contributed by atoms with Crippen LogP contribution in [0.15, 0.2) is 67.5 Å². The minimum Gasteiger partial charge on any atom is -0.481 e.